The molecule has 0 saturated heterocycles. The molecule has 194 valence electrons. The Labute approximate surface area is 230 Å². The van der Waals surface area contributed by atoms with Crippen LogP contribution in [0.4, 0.5) is 11.4 Å². The molecule has 0 spiro atoms. The van der Waals surface area contributed by atoms with Gasteiger partial charge >= 0.3 is 0 Å². The van der Waals surface area contributed by atoms with Crippen molar-refractivity contribution < 1.29 is 14.8 Å². The first-order chi connectivity index (χ1) is 18.3. The first-order valence-electron chi connectivity index (χ1n) is 11.7. The number of amidine groups is 1. The van der Waals surface area contributed by atoms with E-state index in [4.69, 9.17) is 21.3 Å². The molecule has 4 aromatic rings. The van der Waals surface area contributed by atoms with Gasteiger partial charge < -0.3 is 14.7 Å². The fourth-order valence-electron chi connectivity index (χ4n) is 3.68. The molecular weight excluding hydrogens is 522 g/mol. The van der Waals surface area contributed by atoms with E-state index in [0.29, 0.717) is 29.7 Å². The summed E-state index contributed by atoms with van der Waals surface area (Å²) < 4.78 is 5.40. The summed E-state index contributed by atoms with van der Waals surface area (Å²) >= 11 is 7.48. The summed E-state index contributed by atoms with van der Waals surface area (Å²) in [7, 11) is 1.61. The van der Waals surface area contributed by atoms with Crippen molar-refractivity contribution in [2.75, 3.05) is 7.11 Å². The molecule has 9 heteroatoms. The summed E-state index contributed by atoms with van der Waals surface area (Å²) in [5, 5.41) is 22.0. The molecule has 4 aromatic carbocycles. The first kappa shape index (κ1) is 27.0. The monoisotopic (exact) mass is 547 g/mol. The van der Waals surface area contributed by atoms with Gasteiger partial charge in [0.2, 0.25) is 0 Å². The third-order valence-corrected chi connectivity index (χ3v) is 7.02. The molecule has 0 unspecified atom stereocenters. The van der Waals surface area contributed by atoms with Gasteiger partial charge in [0.05, 0.1) is 17.7 Å². The quantitative estimate of drug-likeness (QED) is 0.0797. The number of hydrogen-bond acceptors (Lipinski definition) is 6. The molecule has 0 aliphatic heterocycles. The number of nitro groups is 1. The average molecular weight is 548 g/mol. The lowest BCUT2D eigenvalue weighted by Gasteiger charge is -2.26. The van der Waals surface area contributed by atoms with Crippen molar-refractivity contribution in [2.45, 2.75) is 24.9 Å². The Balaban J connectivity index is 1.80. The van der Waals surface area contributed by atoms with Gasteiger partial charge in [-0.1, -0.05) is 71.4 Å². The molecule has 0 atom stereocenters. The van der Waals surface area contributed by atoms with Crippen LogP contribution in [0.15, 0.2) is 101 Å². The number of aryl methyl sites for hydroxylation is 1. The molecule has 0 amide bonds. The van der Waals surface area contributed by atoms with Crippen LogP contribution in [-0.2, 0) is 13.1 Å². The second-order valence-corrected chi connectivity index (χ2v) is 10.0. The van der Waals surface area contributed by atoms with E-state index in [1.165, 1.54) is 23.9 Å². The van der Waals surface area contributed by atoms with Gasteiger partial charge in [0, 0.05) is 24.1 Å². The van der Waals surface area contributed by atoms with Gasteiger partial charge in [0.1, 0.15) is 16.5 Å². The van der Waals surface area contributed by atoms with Crippen molar-refractivity contribution >= 4 is 39.9 Å². The number of thioether (sulfide) groups is 1. The van der Waals surface area contributed by atoms with Crippen LogP contribution in [0.3, 0.4) is 0 Å². The number of benzene rings is 4. The van der Waals surface area contributed by atoms with Crippen LogP contribution in [0, 0.1) is 17.0 Å². The number of rotatable bonds is 8. The molecular formula is C29H26ClN3O4S. The van der Waals surface area contributed by atoms with E-state index in [1.807, 2.05) is 43.3 Å². The van der Waals surface area contributed by atoms with Crippen molar-refractivity contribution in [1.82, 2.24) is 4.90 Å². The van der Waals surface area contributed by atoms with Crippen LogP contribution >= 0.6 is 23.4 Å². The van der Waals surface area contributed by atoms with Gasteiger partial charge in [-0.05, 0) is 60.5 Å². The van der Waals surface area contributed by atoms with Gasteiger partial charge in [0.25, 0.3) is 5.69 Å². The maximum Gasteiger partial charge on any atom is 0.290 e. The van der Waals surface area contributed by atoms with Gasteiger partial charge in [-0.25, -0.2) is 4.99 Å². The Morgan fingerprint density at radius 1 is 1.00 bits per heavy atom. The standard InChI is InChI=1S/C29H26ClN3O4S/c1-20-6-8-21(9-7-20)18-32(19-22-10-13-24(34)14-11-22)29(38-26-5-3-4-25(17-26)37-2)31-23-12-15-27(30)28(16-23)33(35)36/h3-17,34H,18-19H2,1-2H3. The van der Waals surface area contributed by atoms with Gasteiger partial charge in [-0.15, -0.1) is 0 Å². The summed E-state index contributed by atoms with van der Waals surface area (Å²) in [6.45, 7) is 3.06. The van der Waals surface area contributed by atoms with Crippen molar-refractivity contribution in [2.24, 2.45) is 4.99 Å². The fourth-order valence-corrected chi connectivity index (χ4v) is 4.80. The SMILES string of the molecule is COc1cccc(SC(=Nc2ccc(Cl)c([N+](=O)[O-])c2)N(Cc2ccc(C)cc2)Cc2ccc(O)cc2)c1. The second kappa shape index (κ2) is 12.5. The highest BCUT2D eigenvalue weighted by Crippen LogP contribution is 2.33. The number of methoxy groups -OCH3 is 1. The molecule has 4 rings (SSSR count). The van der Waals surface area contributed by atoms with Crippen molar-refractivity contribution in [3.63, 3.8) is 0 Å². The van der Waals surface area contributed by atoms with Crippen LogP contribution in [0.25, 0.3) is 0 Å². The lowest BCUT2D eigenvalue weighted by molar-refractivity contribution is -0.384. The maximum atomic E-state index is 11.5. The van der Waals surface area contributed by atoms with Crippen LogP contribution < -0.4 is 4.74 Å². The van der Waals surface area contributed by atoms with E-state index in [1.54, 1.807) is 25.3 Å². The number of phenols is 1. The number of phenolic OH excluding ortho intramolecular Hbond substituents is 1. The van der Waals surface area contributed by atoms with Crippen LogP contribution in [0.2, 0.25) is 5.02 Å². The first-order valence-corrected chi connectivity index (χ1v) is 12.9. The van der Waals surface area contributed by atoms with E-state index in [-0.39, 0.29) is 16.5 Å². The molecule has 0 saturated carbocycles. The number of halogens is 1. The van der Waals surface area contributed by atoms with E-state index in [2.05, 4.69) is 29.2 Å². The van der Waals surface area contributed by atoms with E-state index in [9.17, 15) is 15.2 Å². The lowest BCUT2D eigenvalue weighted by Crippen LogP contribution is -2.28. The third-order valence-electron chi connectivity index (χ3n) is 5.68. The van der Waals surface area contributed by atoms with Crippen LogP contribution in [0.5, 0.6) is 11.5 Å². The molecule has 0 heterocycles. The number of nitrogens with zero attached hydrogens (tertiary/aromatic N) is 3. The van der Waals surface area contributed by atoms with Crippen LogP contribution in [0.1, 0.15) is 16.7 Å². The summed E-state index contributed by atoms with van der Waals surface area (Å²) in [6.07, 6.45) is 0. The zero-order valence-corrected chi connectivity index (χ0v) is 22.4. The third kappa shape index (κ3) is 7.27. The number of nitro benzene ring substituents is 1. The minimum absolute atomic E-state index is 0.0524. The smallest absolute Gasteiger partial charge is 0.290 e. The zero-order chi connectivity index (χ0) is 27.1. The lowest BCUT2D eigenvalue weighted by atomic mass is 10.1. The molecule has 0 aromatic heterocycles. The Morgan fingerprint density at radius 2 is 1.66 bits per heavy atom. The summed E-state index contributed by atoms with van der Waals surface area (Å²) in [4.78, 5) is 18.9. The molecule has 1 N–H and O–H groups in total. The highest BCUT2D eigenvalue weighted by atomic mass is 35.5. The van der Waals surface area contributed by atoms with Gasteiger partial charge in [0.15, 0.2) is 5.17 Å². The Bertz CT molecular complexity index is 1400. The highest BCUT2D eigenvalue weighted by Gasteiger charge is 2.18. The number of aliphatic imine (C=N–C) groups is 1. The van der Waals surface area contributed by atoms with E-state index < -0.39 is 4.92 Å². The summed E-state index contributed by atoms with van der Waals surface area (Å²) in [5.74, 6) is 0.895. The number of ether oxygens (including phenoxy) is 1. The highest BCUT2D eigenvalue weighted by molar-refractivity contribution is 8.13. The summed E-state index contributed by atoms with van der Waals surface area (Å²) in [6, 6.07) is 27.4. The largest absolute Gasteiger partial charge is 0.508 e. The van der Waals surface area contributed by atoms with Gasteiger partial charge in [-0.3, -0.25) is 10.1 Å². The van der Waals surface area contributed by atoms with Crippen molar-refractivity contribution in [1.29, 1.82) is 0 Å². The summed E-state index contributed by atoms with van der Waals surface area (Å²) in [5.41, 5.74) is 3.41. The molecule has 0 fully saturated rings. The predicted octanol–water partition coefficient (Wildman–Crippen LogP) is 7.75. The average Bonchev–Trinajstić information content (AvgIpc) is 2.91. The van der Waals surface area contributed by atoms with E-state index in [0.717, 1.165) is 21.6 Å². The fraction of sp³-hybridized carbons (Fsp3) is 0.138. The van der Waals surface area contributed by atoms with Crippen molar-refractivity contribution in [3.8, 4) is 11.5 Å². The molecule has 7 nitrogen and oxygen atoms in total. The van der Waals surface area contributed by atoms with E-state index >= 15 is 0 Å². The minimum Gasteiger partial charge on any atom is -0.508 e. The zero-order valence-electron chi connectivity index (χ0n) is 20.9. The number of hydrogen-bond donors (Lipinski definition) is 1. The number of aromatic hydroxyl groups is 1. The Morgan fingerprint density at radius 3 is 2.29 bits per heavy atom. The Hall–Kier alpha value is -4.01. The van der Waals surface area contributed by atoms with Crippen molar-refractivity contribution in [3.05, 3.63) is 123 Å². The minimum atomic E-state index is -0.517. The topological polar surface area (TPSA) is 88.2 Å². The maximum absolute atomic E-state index is 11.5. The Kier molecular flexibility index (Phi) is 8.89. The molecule has 38 heavy (non-hydrogen) atoms. The predicted molar refractivity (Wildman–Crippen MR) is 153 cm³/mol. The molecule has 0 aliphatic rings. The van der Waals surface area contributed by atoms with Gasteiger partial charge in [-0.2, -0.15) is 0 Å². The van der Waals surface area contributed by atoms with Crippen LogP contribution in [-0.4, -0.2) is 27.2 Å². The molecule has 0 aliphatic carbocycles. The molecule has 0 radical (unpaired) electrons. The molecule has 0 bridgehead atoms. The normalized spacial score (nSPS) is 11.3. The second-order valence-electron chi connectivity index (χ2n) is 8.58.